The Kier molecular flexibility index (Phi) is 5.81. The van der Waals surface area contributed by atoms with E-state index in [1.165, 1.54) is 0 Å². The second kappa shape index (κ2) is 8.84. The van der Waals surface area contributed by atoms with Gasteiger partial charge in [-0.1, -0.05) is 11.6 Å². The molecule has 1 aliphatic rings. The first-order chi connectivity index (χ1) is 14.6. The molecule has 8 heteroatoms. The summed E-state index contributed by atoms with van der Waals surface area (Å²) >= 11 is 5.88. The number of aromatic nitrogens is 1. The summed E-state index contributed by atoms with van der Waals surface area (Å²) in [5.41, 5.74) is 1.62. The Bertz CT molecular complexity index is 1060. The van der Waals surface area contributed by atoms with Crippen molar-refractivity contribution < 1.29 is 19.1 Å². The number of pyridine rings is 1. The highest BCUT2D eigenvalue weighted by atomic mass is 35.5. The number of ether oxygens (including phenoxy) is 2. The Hall–Kier alpha value is -3.58. The maximum Gasteiger partial charge on any atom is 0.265 e. The number of nitrogens with zero attached hydrogens (tertiary/aromatic N) is 2. The van der Waals surface area contributed by atoms with Crippen LogP contribution in [0.15, 0.2) is 67.0 Å². The van der Waals surface area contributed by atoms with E-state index in [9.17, 15) is 9.59 Å². The fourth-order valence-corrected chi connectivity index (χ4v) is 3.14. The van der Waals surface area contributed by atoms with Crippen molar-refractivity contribution in [2.75, 3.05) is 30.0 Å². The van der Waals surface area contributed by atoms with Crippen LogP contribution >= 0.6 is 11.6 Å². The largest absolute Gasteiger partial charge is 0.492 e. The maximum atomic E-state index is 12.4. The van der Waals surface area contributed by atoms with Crippen LogP contribution in [0.5, 0.6) is 11.5 Å². The Balaban J connectivity index is 1.47. The number of hydrogen-bond acceptors (Lipinski definition) is 5. The fraction of sp³-hybridized carbons (Fsp3) is 0.136. The van der Waals surface area contributed by atoms with E-state index in [0.717, 1.165) is 0 Å². The van der Waals surface area contributed by atoms with Gasteiger partial charge in [0.2, 0.25) is 0 Å². The van der Waals surface area contributed by atoms with Gasteiger partial charge in [-0.05, 0) is 54.6 Å². The van der Waals surface area contributed by atoms with E-state index in [1.807, 2.05) is 0 Å². The Morgan fingerprint density at radius 3 is 2.67 bits per heavy atom. The summed E-state index contributed by atoms with van der Waals surface area (Å²) in [6, 6.07) is 15.4. The summed E-state index contributed by atoms with van der Waals surface area (Å²) in [6.45, 7) is 0.580. The first-order valence-electron chi connectivity index (χ1n) is 9.27. The monoisotopic (exact) mass is 423 g/mol. The number of nitrogens with one attached hydrogen (secondary N) is 1. The predicted molar refractivity (Wildman–Crippen MR) is 113 cm³/mol. The highest BCUT2D eigenvalue weighted by Crippen LogP contribution is 2.34. The van der Waals surface area contributed by atoms with Crippen molar-refractivity contribution in [3.8, 4) is 11.5 Å². The van der Waals surface area contributed by atoms with Crippen LogP contribution in [-0.2, 0) is 4.79 Å². The molecular formula is C22H18ClN3O4. The lowest BCUT2D eigenvalue weighted by atomic mass is 10.2. The molecule has 1 aliphatic heterocycles. The van der Waals surface area contributed by atoms with E-state index in [2.05, 4.69) is 10.3 Å². The van der Waals surface area contributed by atoms with E-state index in [4.69, 9.17) is 21.1 Å². The highest BCUT2D eigenvalue weighted by Gasteiger charge is 2.26. The van der Waals surface area contributed by atoms with Gasteiger partial charge in [0.1, 0.15) is 18.1 Å². The number of anilines is 2. The highest BCUT2D eigenvalue weighted by molar-refractivity contribution is 6.30. The lowest BCUT2D eigenvalue weighted by molar-refractivity contribution is -0.121. The van der Waals surface area contributed by atoms with E-state index >= 15 is 0 Å². The van der Waals surface area contributed by atoms with Crippen molar-refractivity contribution in [2.24, 2.45) is 0 Å². The van der Waals surface area contributed by atoms with Gasteiger partial charge in [-0.2, -0.15) is 0 Å². The molecule has 152 valence electrons. The van der Waals surface area contributed by atoms with Gasteiger partial charge in [-0.3, -0.25) is 14.6 Å². The molecule has 0 atom stereocenters. The molecule has 1 N–H and O–H groups in total. The third-order valence-electron chi connectivity index (χ3n) is 4.50. The van der Waals surface area contributed by atoms with Crippen LogP contribution in [0.1, 0.15) is 10.4 Å². The van der Waals surface area contributed by atoms with Gasteiger partial charge in [-0.15, -0.1) is 0 Å². The number of hydrogen-bond donors (Lipinski definition) is 1. The van der Waals surface area contributed by atoms with Gasteiger partial charge in [0, 0.05) is 28.7 Å². The molecule has 2 heterocycles. The van der Waals surface area contributed by atoms with Crippen molar-refractivity contribution in [3.05, 3.63) is 77.6 Å². The van der Waals surface area contributed by atoms with Crippen LogP contribution < -0.4 is 19.7 Å². The SMILES string of the molecule is O=C(Nc1ccc2c(c1)N(CCOc1ccc(Cl)cc1)C(=O)CO2)c1ccncc1. The molecule has 0 fully saturated rings. The molecule has 2 aromatic carbocycles. The number of carbonyl (C=O) groups excluding carboxylic acids is 2. The Labute approximate surface area is 178 Å². The topological polar surface area (TPSA) is 80.8 Å². The molecule has 0 saturated heterocycles. The van der Waals surface area contributed by atoms with Gasteiger partial charge in [0.25, 0.3) is 11.8 Å². The third-order valence-corrected chi connectivity index (χ3v) is 4.75. The van der Waals surface area contributed by atoms with E-state index in [0.29, 0.717) is 46.6 Å². The van der Waals surface area contributed by atoms with Crippen molar-refractivity contribution in [1.29, 1.82) is 0 Å². The molecule has 0 spiro atoms. The van der Waals surface area contributed by atoms with Crippen LogP contribution in [-0.4, -0.2) is 36.6 Å². The molecule has 0 saturated carbocycles. The second-order valence-electron chi connectivity index (χ2n) is 6.51. The van der Waals surface area contributed by atoms with Crippen LogP contribution in [0.4, 0.5) is 11.4 Å². The summed E-state index contributed by atoms with van der Waals surface area (Å²) in [5, 5.41) is 3.45. The average Bonchev–Trinajstić information content (AvgIpc) is 2.77. The van der Waals surface area contributed by atoms with E-state index in [-0.39, 0.29) is 18.4 Å². The summed E-state index contributed by atoms with van der Waals surface area (Å²) < 4.78 is 11.2. The van der Waals surface area contributed by atoms with E-state index in [1.54, 1.807) is 71.9 Å². The number of amides is 2. The van der Waals surface area contributed by atoms with Crippen LogP contribution in [0.2, 0.25) is 5.02 Å². The maximum absolute atomic E-state index is 12.4. The number of benzene rings is 2. The standard InChI is InChI=1S/C22H18ClN3O4/c23-16-1-4-18(5-2-16)29-12-11-26-19-13-17(3-6-20(19)30-14-21(26)27)25-22(28)15-7-9-24-10-8-15/h1-10,13H,11-12,14H2,(H,25,28). The molecule has 0 aliphatic carbocycles. The average molecular weight is 424 g/mol. The summed E-state index contributed by atoms with van der Waals surface area (Å²) in [4.78, 5) is 30.3. The molecule has 2 amide bonds. The van der Waals surface area contributed by atoms with Gasteiger partial charge >= 0.3 is 0 Å². The minimum Gasteiger partial charge on any atom is -0.492 e. The van der Waals surface area contributed by atoms with Crippen LogP contribution in [0.3, 0.4) is 0 Å². The summed E-state index contributed by atoms with van der Waals surface area (Å²) in [5.74, 6) is 0.791. The molecule has 0 bridgehead atoms. The second-order valence-corrected chi connectivity index (χ2v) is 6.95. The smallest absolute Gasteiger partial charge is 0.265 e. The number of halogens is 1. The lowest BCUT2D eigenvalue weighted by Gasteiger charge is -2.29. The molecule has 1 aromatic heterocycles. The van der Waals surface area contributed by atoms with Crippen LogP contribution in [0.25, 0.3) is 0 Å². The zero-order chi connectivity index (χ0) is 20.9. The van der Waals surface area contributed by atoms with Crippen molar-refractivity contribution >= 4 is 34.8 Å². The summed E-state index contributed by atoms with van der Waals surface area (Å²) in [7, 11) is 0. The normalized spacial score (nSPS) is 12.7. The molecule has 30 heavy (non-hydrogen) atoms. The fourth-order valence-electron chi connectivity index (χ4n) is 3.02. The van der Waals surface area contributed by atoms with Crippen LogP contribution in [0, 0.1) is 0 Å². The first kappa shape index (κ1) is 19.7. The quantitative estimate of drug-likeness (QED) is 0.652. The minimum absolute atomic E-state index is 0.0450. The molecule has 0 radical (unpaired) electrons. The van der Waals surface area contributed by atoms with E-state index < -0.39 is 0 Å². The number of rotatable bonds is 6. The summed E-state index contributed by atoms with van der Waals surface area (Å²) in [6.07, 6.45) is 3.10. The number of fused-ring (bicyclic) bond motifs is 1. The van der Waals surface area contributed by atoms with Crippen molar-refractivity contribution in [1.82, 2.24) is 4.98 Å². The van der Waals surface area contributed by atoms with Gasteiger partial charge < -0.3 is 19.7 Å². The zero-order valence-electron chi connectivity index (χ0n) is 15.9. The van der Waals surface area contributed by atoms with Gasteiger partial charge in [-0.25, -0.2) is 0 Å². The van der Waals surface area contributed by atoms with Gasteiger partial charge in [0.05, 0.1) is 12.2 Å². The molecule has 3 aromatic rings. The lowest BCUT2D eigenvalue weighted by Crippen LogP contribution is -2.41. The predicted octanol–water partition coefficient (Wildman–Crippen LogP) is 3.79. The molecule has 7 nitrogen and oxygen atoms in total. The third kappa shape index (κ3) is 4.52. The Morgan fingerprint density at radius 2 is 1.90 bits per heavy atom. The van der Waals surface area contributed by atoms with Crippen molar-refractivity contribution in [2.45, 2.75) is 0 Å². The molecule has 4 rings (SSSR count). The first-order valence-corrected chi connectivity index (χ1v) is 9.65. The molecular weight excluding hydrogens is 406 g/mol. The minimum atomic E-state index is -0.266. The van der Waals surface area contributed by atoms with Gasteiger partial charge in [0.15, 0.2) is 6.61 Å². The zero-order valence-corrected chi connectivity index (χ0v) is 16.6. The Morgan fingerprint density at radius 1 is 1.13 bits per heavy atom. The number of carbonyl (C=O) groups is 2. The van der Waals surface area contributed by atoms with Crippen molar-refractivity contribution in [3.63, 3.8) is 0 Å². The molecule has 0 unspecified atom stereocenters.